The van der Waals surface area contributed by atoms with Gasteiger partial charge in [-0.05, 0) is 6.42 Å². The topological polar surface area (TPSA) is 112 Å². The fraction of sp³-hybridized carbons (Fsp3) is 0.846. The summed E-state index contributed by atoms with van der Waals surface area (Å²) >= 11 is 0. The number of rotatable bonds is 4. The van der Waals surface area contributed by atoms with Gasteiger partial charge in [-0.25, -0.2) is 16.8 Å². The van der Waals surface area contributed by atoms with Crippen LogP contribution in [0.15, 0.2) is 0 Å². The highest BCUT2D eigenvalue weighted by atomic mass is 32.2. The molecular formula is C13H23N3O6S2. The van der Waals surface area contributed by atoms with Crippen LogP contribution in [-0.2, 0) is 29.4 Å². The Balaban J connectivity index is 2.03. The molecule has 0 bridgehead atoms. The molecule has 2 saturated heterocycles. The van der Waals surface area contributed by atoms with Gasteiger partial charge in [0.1, 0.15) is 0 Å². The maximum absolute atomic E-state index is 12.4. The molecule has 0 N–H and O–H groups in total. The Bertz CT molecular complexity index is 710. The quantitative estimate of drug-likeness (QED) is 0.564. The number of sulfonamides is 1. The summed E-state index contributed by atoms with van der Waals surface area (Å²) < 4.78 is 48.2. The van der Waals surface area contributed by atoms with Gasteiger partial charge < -0.3 is 9.80 Å². The molecule has 0 aromatic carbocycles. The van der Waals surface area contributed by atoms with E-state index in [1.54, 1.807) is 4.90 Å². The van der Waals surface area contributed by atoms with Crippen LogP contribution in [0.3, 0.4) is 0 Å². The van der Waals surface area contributed by atoms with Crippen molar-refractivity contribution in [1.29, 1.82) is 0 Å². The number of hydrogen-bond acceptors (Lipinski definition) is 6. The zero-order chi connectivity index (χ0) is 18.1. The minimum Gasteiger partial charge on any atom is -0.339 e. The average Bonchev–Trinajstić information content (AvgIpc) is 2.83. The molecule has 9 nitrogen and oxygen atoms in total. The molecule has 0 radical (unpaired) electrons. The molecule has 24 heavy (non-hydrogen) atoms. The lowest BCUT2D eigenvalue weighted by atomic mass is 10.2. The fourth-order valence-corrected chi connectivity index (χ4v) is 5.92. The second kappa shape index (κ2) is 6.96. The zero-order valence-corrected chi connectivity index (χ0v) is 15.5. The molecule has 138 valence electrons. The van der Waals surface area contributed by atoms with Crippen LogP contribution < -0.4 is 0 Å². The summed E-state index contributed by atoms with van der Waals surface area (Å²) in [6.45, 7) is 2.62. The molecule has 2 heterocycles. The summed E-state index contributed by atoms with van der Waals surface area (Å²) in [7, 11) is -6.95. The van der Waals surface area contributed by atoms with Crippen molar-refractivity contribution in [3.63, 3.8) is 0 Å². The van der Waals surface area contributed by atoms with Crippen molar-refractivity contribution in [2.24, 2.45) is 0 Å². The minimum absolute atomic E-state index is 0.0592. The van der Waals surface area contributed by atoms with Gasteiger partial charge in [0.05, 0.1) is 24.3 Å². The molecule has 0 aliphatic carbocycles. The van der Waals surface area contributed by atoms with Gasteiger partial charge in [0.25, 0.3) is 0 Å². The average molecular weight is 381 g/mol. The van der Waals surface area contributed by atoms with Crippen molar-refractivity contribution in [3.8, 4) is 0 Å². The van der Waals surface area contributed by atoms with Crippen LogP contribution in [0.2, 0.25) is 0 Å². The first-order valence-corrected chi connectivity index (χ1v) is 11.4. The first-order chi connectivity index (χ1) is 11.0. The lowest BCUT2D eigenvalue weighted by Crippen LogP contribution is -2.54. The van der Waals surface area contributed by atoms with E-state index < -0.39 is 25.9 Å². The van der Waals surface area contributed by atoms with Crippen LogP contribution in [0.25, 0.3) is 0 Å². The Labute approximate surface area is 142 Å². The summed E-state index contributed by atoms with van der Waals surface area (Å²) in [6, 6.07) is -0.688. The van der Waals surface area contributed by atoms with Crippen LogP contribution in [0, 0.1) is 0 Å². The summed E-state index contributed by atoms with van der Waals surface area (Å²) in [6.07, 6.45) is 1.19. The molecule has 2 aliphatic heterocycles. The molecule has 2 amide bonds. The van der Waals surface area contributed by atoms with Gasteiger partial charge >= 0.3 is 0 Å². The SMILES string of the molecule is CC(=O)N1CCN(C(=O)CN(C2CCS(=O)(=O)C2)S(C)(=O)=O)CC1. The maximum atomic E-state index is 12.4. The Morgan fingerprint density at radius 3 is 2.08 bits per heavy atom. The van der Waals surface area contributed by atoms with Crippen molar-refractivity contribution >= 4 is 31.7 Å². The molecule has 2 aliphatic rings. The molecule has 0 saturated carbocycles. The number of sulfone groups is 1. The molecular weight excluding hydrogens is 358 g/mol. The van der Waals surface area contributed by atoms with Crippen molar-refractivity contribution in [3.05, 3.63) is 0 Å². The maximum Gasteiger partial charge on any atom is 0.238 e. The molecule has 0 spiro atoms. The lowest BCUT2D eigenvalue weighted by Gasteiger charge is -2.35. The van der Waals surface area contributed by atoms with E-state index in [9.17, 15) is 26.4 Å². The second-order valence-corrected chi connectivity index (χ2v) is 10.4. The van der Waals surface area contributed by atoms with Crippen LogP contribution in [0.4, 0.5) is 0 Å². The van der Waals surface area contributed by atoms with E-state index in [4.69, 9.17) is 0 Å². The fourth-order valence-electron chi connectivity index (χ4n) is 3.02. The molecule has 0 aromatic rings. The molecule has 1 unspecified atom stereocenters. The number of hydrogen-bond donors (Lipinski definition) is 0. The highest BCUT2D eigenvalue weighted by molar-refractivity contribution is 7.92. The van der Waals surface area contributed by atoms with Crippen molar-refractivity contribution in [2.75, 3.05) is 50.5 Å². The normalized spacial score (nSPS) is 24.4. The van der Waals surface area contributed by atoms with Gasteiger partial charge in [0, 0.05) is 39.1 Å². The summed E-state index contributed by atoms with van der Waals surface area (Å²) in [5.74, 6) is -0.732. The first kappa shape index (κ1) is 19.1. The molecule has 1 atom stereocenters. The Hall–Kier alpha value is -1.20. The van der Waals surface area contributed by atoms with Crippen LogP contribution in [-0.4, -0.2) is 99.3 Å². The van der Waals surface area contributed by atoms with Crippen LogP contribution in [0.5, 0.6) is 0 Å². The standard InChI is InChI=1S/C13H23N3O6S2/c1-11(17)14-4-6-15(7-5-14)13(18)9-16(23(2,19)20)12-3-8-24(21,22)10-12/h12H,3-10H2,1-2H3. The van der Waals surface area contributed by atoms with Crippen molar-refractivity contribution in [2.45, 2.75) is 19.4 Å². The van der Waals surface area contributed by atoms with Gasteiger partial charge in [-0.1, -0.05) is 0 Å². The summed E-state index contributed by atoms with van der Waals surface area (Å²) in [5.41, 5.74) is 0. The van der Waals surface area contributed by atoms with E-state index >= 15 is 0 Å². The third-order valence-electron chi connectivity index (χ3n) is 4.41. The monoisotopic (exact) mass is 381 g/mol. The largest absolute Gasteiger partial charge is 0.339 e. The Kier molecular flexibility index (Phi) is 5.55. The molecule has 2 fully saturated rings. The molecule has 0 aromatic heterocycles. The number of carbonyl (C=O) groups is 2. The highest BCUT2D eigenvalue weighted by Crippen LogP contribution is 2.20. The van der Waals surface area contributed by atoms with E-state index in [2.05, 4.69) is 0 Å². The van der Waals surface area contributed by atoms with Crippen molar-refractivity contribution in [1.82, 2.24) is 14.1 Å². The summed E-state index contributed by atoms with van der Waals surface area (Å²) in [4.78, 5) is 26.9. The second-order valence-electron chi connectivity index (χ2n) is 6.25. The van der Waals surface area contributed by atoms with E-state index in [1.807, 2.05) is 0 Å². The third kappa shape index (κ3) is 4.67. The first-order valence-electron chi connectivity index (χ1n) is 7.70. The number of amides is 2. The number of carbonyl (C=O) groups excluding carboxylic acids is 2. The van der Waals surface area contributed by atoms with E-state index in [1.165, 1.54) is 11.8 Å². The van der Waals surface area contributed by atoms with Gasteiger partial charge in [-0.15, -0.1) is 0 Å². The van der Waals surface area contributed by atoms with Crippen LogP contribution in [0.1, 0.15) is 13.3 Å². The van der Waals surface area contributed by atoms with Gasteiger partial charge in [0.15, 0.2) is 9.84 Å². The third-order valence-corrected chi connectivity index (χ3v) is 7.44. The smallest absolute Gasteiger partial charge is 0.238 e. The van der Waals surface area contributed by atoms with E-state index in [-0.39, 0.29) is 36.3 Å². The number of piperazine rings is 1. The Morgan fingerprint density at radius 1 is 1.12 bits per heavy atom. The minimum atomic E-state index is -3.70. The van der Waals surface area contributed by atoms with Gasteiger partial charge in [0.2, 0.25) is 21.8 Å². The van der Waals surface area contributed by atoms with E-state index in [0.717, 1.165) is 10.6 Å². The lowest BCUT2D eigenvalue weighted by molar-refractivity contribution is -0.138. The number of nitrogens with zero attached hydrogens (tertiary/aromatic N) is 3. The summed E-state index contributed by atoms with van der Waals surface area (Å²) in [5, 5.41) is 0. The zero-order valence-electron chi connectivity index (χ0n) is 13.8. The highest BCUT2D eigenvalue weighted by Gasteiger charge is 2.38. The van der Waals surface area contributed by atoms with Gasteiger partial charge in [-0.3, -0.25) is 9.59 Å². The predicted octanol–water partition coefficient (Wildman–Crippen LogP) is -1.87. The predicted molar refractivity (Wildman–Crippen MR) is 87.4 cm³/mol. The molecule has 11 heteroatoms. The van der Waals surface area contributed by atoms with Crippen LogP contribution >= 0.6 is 0 Å². The van der Waals surface area contributed by atoms with E-state index in [0.29, 0.717) is 26.2 Å². The molecule has 2 rings (SSSR count). The van der Waals surface area contributed by atoms with Gasteiger partial charge in [-0.2, -0.15) is 4.31 Å². The Morgan fingerprint density at radius 2 is 1.67 bits per heavy atom. The van der Waals surface area contributed by atoms with Crippen molar-refractivity contribution < 1.29 is 26.4 Å².